The maximum Gasteiger partial charge on any atom is 0.419 e. The topological polar surface area (TPSA) is 94.7 Å². The third-order valence-corrected chi connectivity index (χ3v) is 3.88. The smallest absolute Gasteiger partial charge is 0.419 e. The Labute approximate surface area is 170 Å². The van der Waals surface area contributed by atoms with Crippen LogP contribution in [0.4, 0.5) is 13.2 Å². The van der Waals surface area contributed by atoms with Crippen LogP contribution in [0.1, 0.15) is 51.5 Å². The van der Waals surface area contributed by atoms with Crippen LogP contribution in [0, 0.1) is 0 Å². The third-order valence-electron chi connectivity index (χ3n) is 3.88. The first-order valence-electron chi connectivity index (χ1n) is 9.04. The van der Waals surface area contributed by atoms with E-state index >= 15 is 0 Å². The molecule has 1 N–H and O–H groups in total. The van der Waals surface area contributed by atoms with Gasteiger partial charge in [0.2, 0.25) is 0 Å². The molecule has 2 rings (SSSR count). The van der Waals surface area contributed by atoms with Crippen LogP contribution in [-0.2, 0) is 38.2 Å². The Morgan fingerprint density at radius 1 is 0.933 bits per heavy atom. The number of ether oxygens (including phenoxy) is 3. The standard InChI is InChI=1S/C20H20F3NO6/c1-3-28-14(25)10-13-15(18(26)29-4-2)16(20(21,22)23)17(24-13)19(27)30-11-12-8-6-5-7-9-12/h5-9,24H,3-4,10-11H2,1-2H3. The van der Waals surface area contributed by atoms with E-state index in [0.717, 1.165) is 0 Å². The van der Waals surface area contributed by atoms with Crippen molar-refractivity contribution in [1.82, 2.24) is 4.98 Å². The summed E-state index contributed by atoms with van der Waals surface area (Å²) in [4.78, 5) is 38.7. The van der Waals surface area contributed by atoms with Crippen molar-refractivity contribution >= 4 is 17.9 Å². The fraction of sp³-hybridized carbons (Fsp3) is 0.350. The number of aromatic amines is 1. The minimum atomic E-state index is -5.09. The number of alkyl halides is 3. The Morgan fingerprint density at radius 3 is 2.13 bits per heavy atom. The van der Waals surface area contributed by atoms with Crippen molar-refractivity contribution in [3.63, 3.8) is 0 Å². The van der Waals surface area contributed by atoms with Crippen LogP contribution in [0.2, 0.25) is 0 Å². The van der Waals surface area contributed by atoms with Gasteiger partial charge in [-0.3, -0.25) is 4.79 Å². The fourth-order valence-electron chi connectivity index (χ4n) is 2.70. The van der Waals surface area contributed by atoms with Crippen molar-refractivity contribution in [2.45, 2.75) is 33.1 Å². The van der Waals surface area contributed by atoms with Crippen molar-refractivity contribution in [2.24, 2.45) is 0 Å². The van der Waals surface area contributed by atoms with Crippen LogP contribution in [0.5, 0.6) is 0 Å². The van der Waals surface area contributed by atoms with Crippen LogP contribution < -0.4 is 0 Å². The number of hydrogen-bond acceptors (Lipinski definition) is 6. The van der Waals surface area contributed by atoms with Gasteiger partial charge in [0.25, 0.3) is 0 Å². The first-order valence-corrected chi connectivity index (χ1v) is 9.04. The number of hydrogen-bond donors (Lipinski definition) is 1. The van der Waals surface area contributed by atoms with Gasteiger partial charge in [0, 0.05) is 5.69 Å². The van der Waals surface area contributed by atoms with Gasteiger partial charge in [0.15, 0.2) is 0 Å². The second-order valence-electron chi connectivity index (χ2n) is 5.99. The normalized spacial score (nSPS) is 11.1. The third kappa shape index (κ3) is 5.62. The molecule has 30 heavy (non-hydrogen) atoms. The molecule has 0 saturated heterocycles. The monoisotopic (exact) mass is 427 g/mol. The lowest BCUT2D eigenvalue weighted by Gasteiger charge is -2.11. The number of carbonyl (C=O) groups excluding carboxylic acids is 3. The molecule has 0 amide bonds. The molecule has 1 aromatic heterocycles. The van der Waals surface area contributed by atoms with Crippen LogP contribution in [0.3, 0.4) is 0 Å². The lowest BCUT2D eigenvalue weighted by Crippen LogP contribution is -2.19. The summed E-state index contributed by atoms with van der Waals surface area (Å²) in [5, 5.41) is 0. The van der Waals surface area contributed by atoms with Gasteiger partial charge in [-0.05, 0) is 19.4 Å². The first kappa shape index (κ1) is 23.0. The molecule has 162 valence electrons. The molecule has 2 aromatic rings. The van der Waals surface area contributed by atoms with Gasteiger partial charge < -0.3 is 19.2 Å². The summed E-state index contributed by atoms with van der Waals surface area (Å²) in [5.41, 5.74) is -3.35. The molecule has 0 aliphatic carbocycles. The summed E-state index contributed by atoms with van der Waals surface area (Å²) < 4.78 is 55.8. The maximum atomic E-state index is 13.8. The number of rotatable bonds is 8. The molecular formula is C20H20F3NO6. The predicted molar refractivity (Wildman–Crippen MR) is 97.6 cm³/mol. The minimum Gasteiger partial charge on any atom is -0.466 e. The van der Waals surface area contributed by atoms with Gasteiger partial charge in [-0.1, -0.05) is 30.3 Å². The summed E-state index contributed by atoms with van der Waals surface area (Å²) >= 11 is 0. The van der Waals surface area contributed by atoms with E-state index in [1.807, 2.05) is 0 Å². The van der Waals surface area contributed by atoms with Crippen molar-refractivity contribution in [1.29, 1.82) is 0 Å². The zero-order chi connectivity index (χ0) is 22.3. The van der Waals surface area contributed by atoms with E-state index in [1.165, 1.54) is 13.8 Å². The molecule has 7 nitrogen and oxygen atoms in total. The van der Waals surface area contributed by atoms with E-state index in [4.69, 9.17) is 14.2 Å². The number of esters is 3. The van der Waals surface area contributed by atoms with Crippen LogP contribution >= 0.6 is 0 Å². The number of halogens is 3. The zero-order valence-corrected chi connectivity index (χ0v) is 16.3. The molecule has 0 bridgehead atoms. The first-order chi connectivity index (χ1) is 14.2. The van der Waals surface area contributed by atoms with Gasteiger partial charge in [-0.25, -0.2) is 9.59 Å². The number of nitrogens with one attached hydrogen (secondary N) is 1. The van der Waals surface area contributed by atoms with Crippen LogP contribution in [-0.4, -0.2) is 36.1 Å². The van der Waals surface area contributed by atoms with E-state index in [0.29, 0.717) is 5.56 Å². The molecule has 0 aliphatic heterocycles. The maximum absolute atomic E-state index is 13.8. The van der Waals surface area contributed by atoms with E-state index in [-0.39, 0.29) is 19.8 Å². The van der Waals surface area contributed by atoms with Gasteiger partial charge in [-0.15, -0.1) is 0 Å². The molecular weight excluding hydrogens is 407 g/mol. The average Bonchev–Trinajstić information content (AvgIpc) is 3.07. The van der Waals surface area contributed by atoms with Crippen molar-refractivity contribution < 1.29 is 41.8 Å². The van der Waals surface area contributed by atoms with Crippen molar-refractivity contribution in [2.75, 3.05) is 13.2 Å². The quantitative estimate of drug-likeness (QED) is 0.510. The summed E-state index contributed by atoms with van der Waals surface area (Å²) in [6.07, 6.45) is -5.77. The van der Waals surface area contributed by atoms with Crippen molar-refractivity contribution in [3.05, 3.63) is 58.4 Å². The molecule has 10 heteroatoms. The molecule has 0 aliphatic rings. The number of H-pyrrole nitrogens is 1. The molecule has 0 fully saturated rings. The Balaban J connectivity index is 2.47. The van der Waals surface area contributed by atoms with Gasteiger partial charge in [-0.2, -0.15) is 13.2 Å². The van der Waals surface area contributed by atoms with Crippen molar-refractivity contribution in [3.8, 4) is 0 Å². The second-order valence-corrected chi connectivity index (χ2v) is 5.99. The van der Waals surface area contributed by atoms with Gasteiger partial charge >= 0.3 is 24.1 Å². The lowest BCUT2D eigenvalue weighted by molar-refractivity contribution is -0.142. The highest BCUT2D eigenvalue weighted by atomic mass is 19.4. The highest BCUT2D eigenvalue weighted by Crippen LogP contribution is 2.37. The highest BCUT2D eigenvalue weighted by Gasteiger charge is 2.44. The summed E-state index contributed by atoms with van der Waals surface area (Å²) in [6.45, 7) is 2.45. The molecule has 0 radical (unpaired) electrons. The van der Waals surface area contributed by atoms with Gasteiger partial charge in [0.1, 0.15) is 17.9 Å². The Morgan fingerprint density at radius 2 is 1.57 bits per heavy atom. The largest absolute Gasteiger partial charge is 0.466 e. The molecule has 1 aromatic carbocycles. The summed E-state index contributed by atoms with van der Waals surface area (Å²) in [6, 6.07) is 8.33. The highest BCUT2D eigenvalue weighted by molar-refractivity contribution is 6.00. The van der Waals surface area contributed by atoms with Crippen LogP contribution in [0.15, 0.2) is 30.3 Å². The Bertz CT molecular complexity index is 905. The number of carbonyl (C=O) groups is 3. The minimum absolute atomic E-state index is 0.00756. The molecule has 1 heterocycles. The summed E-state index contributed by atoms with van der Waals surface area (Å²) in [7, 11) is 0. The van der Waals surface area contributed by atoms with Gasteiger partial charge in [0.05, 0.1) is 25.2 Å². The second kappa shape index (κ2) is 9.95. The fourth-order valence-corrected chi connectivity index (χ4v) is 2.70. The SMILES string of the molecule is CCOC(=O)Cc1[nH]c(C(=O)OCc2ccccc2)c(C(F)(F)F)c1C(=O)OCC. The van der Waals surface area contributed by atoms with Crippen LogP contribution in [0.25, 0.3) is 0 Å². The Hall–Kier alpha value is -3.30. The van der Waals surface area contributed by atoms with E-state index < -0.39 is 53.0 Å². The molecule has 0 spiro atoms. The predicted octanol–water partition coefficient (Wildman–Crippen LogP) is 3.67. The molecule has 0 atom stereocenters. The number of benzene rings is 1. The molecule has 0 saturated carbocycles. The Kier molecular flexibility index (Phi) is 7.62. The number of aromatic nitrogens is 1. The summed E-state index contributed by atoms with van der Waals surface area (Å²) in [5.74, 6) is -3.52. The zero-order valence-electron chi connectivity index (χ0n) is 16.3. The van der Waals surface area contributed by atoms with E-state index in [1.54, 1.807) is 30.3 Å². The van der Waals surface area contributed by atoms with E-state index in [2.05, 4.69) is 4.98 Å². The van der Waals surface area contributed by atoms with E-state index in [9.17, 15) is 27.6 Å². The lowest BCUT2D eigenvalue weighted by atomic mass is 10.1. The molecule has 0 unspecified atom stereocenters. The average molecular weight is 427 g/mol.